The molecule has 1 aromatic carbocycles. The minimum absolute atomic E-state index is 0.0401. The maximum Gasteiger partial charge on any atom is 0.407 e. The van der Waals surface area contributed by atoms with E-state index in [0.29, 0.717) is 25.0 Å². The molecule has 1 unspecified atom stereocenters. The third-order valence-electron chi connectivity index (χ3n) is 3.60. The topological polar surface area (TPSA) is 66.8 Å². The van der Waals surface area contributed by atoms with Crippen LogP contribution in [0.5, 0.6) is 5.75 Å². The Labute approximate surface area is 118 Å². The van der Waals surface area contributed by atoms with Gasteiger partial charge in [-0.3, -0.25) is 4.79 Å². The molecule has 20 heavy (non-hydrogen) atoms. The fourth-order valence-electron chi connectivity index (χ4n) is 2.72. The number of ether oxygens (including phenoxy) is 1. The standard InChI is InChI=1S/C15H19NO4/c1-2-3-14-13-5-4-12(20-9-8-17)10-11(13)6-7-16(14)15(18)19/h4-5,8,10,14H,2-3,6-7,9H2,1H3,(H,18,19). The van der Waals surface area contributed by atoms with E-state index in [1.807, 2.05) is 12.1 Å². The largest absolute Gasteiger partial charge is 0.486 e. The van der Waals surface area contributed by atoms with Gasteiger partial charge in [-0.25, -0.2) is 4.79 Å². The highest BCUT2D eigenvalue weighted by Gasteiger charge is 2.30. The molecule has 5 nitrogen and oxygen atoms in total. The number of aldehydes is 1. The Bertz CT molecular complexity index is 501. The lowest BCUT2D eigenvalue weighted by Gasteiger charge is -2.35. The number of amides is 1. The van der Waals surface area contributed by atoms with E-state index in [1.165, 1.54) is 4.90 Å². The summed E-state index contributed by atoms with van der Waals surface area (Å²) in [4.78, 5) is 23.2. The van der Waals surface area contributed by atoms with E-state index in [9.17, 15) is 14.7 Å². The average molecular weight is 277 g/mol. The lowest BCUT2D eigenvalue weighted by Crippen LogP contribution is -2.39. The molecule has 5 heteroatoms. The summed E-state index contributed by atoms with van der Waals surface area (Å²) in [5.41, 5.74) is 2.17. The summed E-state index contributed by atoms with van der Waals surface area (Å²) in [6, 6.07) is 5.56. The third kappa shape index (κ3) is 2.92. The van der Waals surface area contributed by atoms with Crippen LogP contribution in [0, 0.1) is 0 Å². The minimum Gasteiger partial charge on any atom is -0.486 e. The molecule has 1 amide bonds. The van der Waals surface area contributed by atoms with Crippen molar-refractivity contribution in [3.05, 3.63) is 29.3 Å². The molecule has 0 bridgehead atoms. The lowest BCUT2D eigenvalue weighted by molar-refractivity contribution is -0.109. The van der Waals surface area contributed by atoms with Gasteiger partial charge >= 0.3 is 6.09 Å². The molecule has 1 aliphatic rings. The Morgan fingerprint density at radius 2 is 2.35 bits per heavy atom. The van der Waals surface area contributed by atoms with Crippen molar-refractivity contribution in [1.29, 1.82) is 0 Å². The Balaban J connectivity index is 2.28. The van der Waals surface area contributed by atoms with Crippen molar-refractivity contribution in [3.63, 3.8) is 0 Å². The quantitative estimate of drug-likeness (QED) is 0.840. The summed E-state index contributed by atoms with van der Waals surface area (Å²) < 4.78 is 5.29. The number of nitrogens with zero attached hydrogens (tertiary/aromatic N) is 1. The van der Waals surface area contributed by atoms with E-state index >= 15 is 0 Å². The van der Waals surface area contributed by atoms with Crippen molar-refractivity contribution in [2.75, 3.05) is 13.2 Å². The number of hydrogen-bond donors (Lipinski definition) is 1. The fourth-order valence-corrected chi connectivity index (χ4v) is 2.72. The molecule has 0 aromatic heterocycles. The molecule has 1 aromatic rings. The zero-order chi connectivity index (χ0) is 14.5. The van der Waals surface area contributed by atoms with Crippen LogP contribution in [-0.2, 0) is 11.2 Å². The van der Waals surface area contributed by atoms with Gasteiger partial charge in [0.1, 0.15) is 12.4 Å². The highest BCUT2D eigenvalue weighted by atomic mass is 16.5. The van der Waals surface area contributed by atoms with Gasteiger partial charge in [0.15, 0.2) is 6.29 Å². The maximum absolute atomic E-state index is 11.3. The van der Waals surface area contributed by atoms with Gasteiger partial charge in [0.2, 0.25) is 0 Å². The highest BCUT2D eigenvalue weighted by Crippen LogP contribution is 2.35. The first-order chi connectivity index (χ1) is 9.67. The second-order valence-electron chi connectivity index (χ2n) is 4.87. The first kappa shape index (κ1) is 14.4. The van der Waals surface area contributed by atoms with Gasteiger partial charge in [0.25, 0.3) is 0 Å². The molecule has 1 heterocycles. The molecule has 0 saturated carbocycles. The smallest absolute Gasteiger partial charge is 0.407 e. The van der Waals surface area contributed by atoms with Crippen LogP contribution in [0.1, 0.15) is 36.9 Å². The molecule has 0 fully saturated rings. The summed E-state index contributed by atoms with van der Waals surface area (Å²) in [7, 11) is 0. The molecule has 1 atom stereocenters. The van der Waals surface area contributed by atoms with Gasteiger partial charge in [0, 0.05) is 6.54 Å². The van der Waals surface area contributed by atoms with Crippen LogP contribution in [0.25, 0.3) is 0 Å². The summed E-state index contributed by atoms with van der Waals surface area (Å²) in [5, 5.41) is 9.29. The summed E-state index contributed by atoms with van der Waals surface area (Å²) in [5.74, 6) is 0.662. The van der Waals surface area contributed by atoms with Gasteiger partial charge in [-0.1, -0.05) is 19.4 Å². The zero-order valence-electron chi connectivity index (χ0n) is 11.5. The summed E-state index contributed by atoms with van der Waals surface area (Å²) in [6.45, 7) is 2.60. The first-order valence-corrected chi connectivity index (χ1v) is 6.86. The highest BCUT2D eigenvalue weighted by molar-refractivity contribution is 5.66. The Morgan fingerprint density at radius 3 is 3.00 bits per heavy atom. The van der Waals surface area contributed by atoms with Crippen molar-refractivity contribution in [3.8, 4) is 5.75 Å². The predicted molar refractivity (Wildman–Crippen MR) is 74.1 cm³/mol. The van der Waals surface area contributed by atoms with Crippen molar-refractivity contribution < 1.29 is 19.4 Å². The Kier molecular flexibility index (Phi) is 4.61. The van der Waals surface area contributed by atoms with Crippen LogP contribution >= 0.6 is 0 Å². The third-order valence-corrected chi connectivity index (χ3v) is 3.60. The fraction of sp³-hybridized carbons (Fsp3) is 0.467. The number of fused-ring (bicyclic) bond motifs is 1. The molecule has 0 saturated heterocycles. The van der Waals surface area contributed by atoms with Gasteiger partial charge < -0.3 is 14.7 Å². The molecule has 1 aliphatic heterocycles. The number of carbonyl (C=O) groups excluding carboxylic acids is 1. The number of benzene rings is 1. The molecule has 0 radical (unpaired) electrons. The number of carbonyl (C=O) groups is 2. The van der Waals surface area contributed by atoms with E-state index in [0.717, 1.165) is 24.0 Å². The molecule has 2 rings (SSSR count). The maximum atomic E-state index is 11.3. The second kappa shape index (κ2) is 6.41. The van der Waals surface area contributed by atoms with E-state index in [-0.39, 0.29) is 12.6 Å². The average Bonchev–Trinajstić information content (AvgIpc) is 2.45. The number of carboxylic acid groups (broad SMARTS) is 1. The van der Waals surface area contributed by atoms with Gasteiger partial charge in [-0.05, 0) is 36.1 Å². The minimum atomic E-state index is -0.865. The Morgan fingerprint density at radius 1 is 1.55 bits per heavy atom. The summed E-state index contributed by atoms with van der Waals surface area (Å²) >= 11 is 0. The van der Waals surface area contributed by atoms with Crippen molar-refractivity contribution in [1.82, 2.24) is 4.90 Å². The molecule has 108 valence electrons. The molecule has 0 spiro atoms. The van der Waals surface area contributed by atoms with E-state index in [1.54, 1.807) is 6.07 Å². The van der Waals surface area contributed by atoms with Gasteiger partial charge in [0.05, 0.1) is 6.04 Å². The first-order valence-electron chi connectivity index (χ1n) is 6.86. The van der Waals surface area contributed by atoms with Crippen molar-refractivity contribution >= 4 is 12.4 Å². The van der Waals surface area contributed by atoms with Crippen molar-refractivity contribution in [2.24, 2.45) is 0 Å². The van der Waals surface area contributed by atoms with Crippen molar-refractivity contribution in [2.45, 2.75) is 32.2 Å². The van der Waals surface area contributed by atoms with Crippen LogP contribution in [0.4, 0.5) is 4.79 Å². The van der Waals surface area contributed by atoms with E-state index in [2.05, 4.69) is 6.92 Å². The SMILES string of the molecule is CCCC1c2ccc(OCC=O)cc2CCN1C(=O)O. The Hall–Kier alpha value is -2.04. The van der Waals surface area contributed by atoms with Gasteiger partial charge in [-0.2, -0.15) is 0 Å². The zero-order valence-corrected chi connectivity index (χ0v) is 11.5. The van der Waals surface area contributed by atoms with E-state index in [4.69, 9.17) is 4.74 Å². The predicted octanol–water partition coefficient (Wildman–Crippen LogP) is 2.64. The van der Waals surface area contributed by atoms with Crippen LogP contribution in [0.3, 0.4) is 0 Å². The molecular weight excluding hydrogens is 258 g/mol. The van der Waals surface area contributed by atoms with Gasteiger partial charge in [-0.15, -0.1) is 0 Å². The number of rotatable bonds is 5. The normalized spacial score (nSPS) is 17.4. The van der Waals surface area contributed by atoms with Crippen LogP contribution < -0.4 is 4.74 Å². The number of hydrogen-bond acceptors (Lipinski definition) is 3. The molecule has 0 aliphatic carbocycles. The van der Waals surface area contributed by atoms with E-state index < -0.39 is 6.09 Å². The second-order valence-corrected chi connectivity index (χ2v) is 4.87. The monoisotopic (exact) mass is 277 g/mol. The van der Waals surface area contributed by atoms with Crippen LogP contribution in [-0.4, -0.2) is 35.5 Å². The lowest BCUT2D eigenvalue weighted by atomic mass is 9.90. The van der Waals surface area contributed by atoms with Crippen LogP contribution in [0.2, 0.25) is 0 Å². The summed E-state index contributed by atoms with van der Waals surface area (Å²) in [6.07, 6.45) is 2.27. The molecule has 1 N–H and O–H groups in total. The van der Waals surface area contributed by atoms with Crippen LogP contribution in [0.15, 0.2) is 18.2 Å². The molecular formula is C15H19NO4.